The Morgan fingerprint density at radius 2 is 2.53 bits per heavy atom. The van der Waals surface area contributed by atoms with Crippen LogP contribution in [0.5, 0.6) is 0 Å². The van der Waals surface area contributed by atoms with Crippen molar-refractivity contribution in [3.05, 3.63) is 15.6 Å². The summed E-state index contributed by atoms with van der Waals surface area (Å²) in [5.41, 5.74) is 0.843. The predicted octanol–water partition coefficient (Wildman–Crippen LogP) is 1.63. The fourth-order valence-electron chi connectivity index (χ4n) is 1.69. The van der Waals surface area contributed by atoms with E-state index < -0.39 is 0 Å². The van der Waals surface area contributed by atoms with Crippen molar-refractivity contribution in [3.63, 3.8) is 0 Å². The summed E-state index contributed by atoms with van der Waals surface area (Å²) in [4.78, 5) is 5.35. The van der Waals surface area contributed by atoms with Crippen molar-refractivity contribution in [2.45, 2.75) is 32.2 Å². The quantitative estimate of drug-likeness (QED) is 0.852. The van der Waals surface area contributed by atoms with Gasteiger partial charge in [-0.05, 0) is 12.8 Å². The second kappa shape index (κ2) is 5.03. The predicted molar refractivity (Wildman–Crippen MR) is 56.7 cm³/mol. The summed E-state index contributed by atoms with van der Waals surface area (Å²) >= 11 is 1.53. The Balaban J connectivity index is 2.17. The number of hydrogen-bond donors (Lipinski definition) is 1. The lowest BCUT2D eigenvalue weighted by Crippen LogP contribution is -1.96. The van der Waals surface area contributed by atoms with E-state index in [1.807, 2.05) is 0 Å². The zero-order valence-corrected chi connectivity index (χ0v) is 9.55. The van der Waals surface area contributed by atoms with E-state index in [2.05, 4.69) is 4.98 Å². The molecule has 1 aliphatic heterocycles. The molecule has 2 rings (SSSR count). The first kappa shape index (κ1) is 11.0. The number of aliphatic hydroxyl groups excluding tert-OH is 1. The maximum Gasteiger partial charge on any atom is 0.122 e. The third kappa shape index (κ3) is 2.36. The minimum atomic E-state index is 0.0308. The second-order valence-corrected chi connectivity index (χ2v) is 4.63. The van der Waals surface area contributed by atoms with E-state index in [-0.39, 0.29) is 12.7 Å². The van der Waals surface area contributed by atoms with Crippen LogP contribution in [0.4, 0.5) is 0 Å². The van der Waals surface area contributed by atoms with Gasteiger partial charge >= 0.3 is 0 Å². The molecule has 1 saturated heterocycles. The molecule has 15 heavy (non-hydrogen) atoms. The summed E-state index contributed by atoms with van der Waals surface area (Å²) < 4.78 is 10.6. The fourth-order valence-corrected chi connectivity index (χ4v) is 2.70. The van der Waals surface area contributed by atoms with Crippen molar-refractivity contribution in [2.75, 3.05) is 13.7 Å². The van der Waals surface area contributed by atoms with Gasteiger partial charge in [0.2, 0.25) is 0 Å². The molecule has 1 unspecified atom stereocenters. The Labute approximate surface area is 92.9 Å². The Morgan fingerprint density at radius 3 is 3.13 bits per heavy atom. The molecule has 0 radical (unpaired) electrons. The molecule has 0 bridgehead atoms. The van der Waals surface area contributed by atoms with E-state index in [0.29, 0.717) is 6.61 Å². The molecule has 2 heterocycles. The van der Waals surface area contributed by atoms with Crippen LogP contribution in [0.2, 0.25) is 0 Å². The van der Waals surface area contributed by atoms with Gasteiger partial charge in [0, 0.05) is 13.7 Å². The van der Waals surface area contributed by atoms with E-state index >= 15 is 0 Å². The van der Waals surface area contributed by atoms with Crippen LogP contribution in [0.15, 0.2) is 0 Å². The Kier molecular flexibility index (Phi) is 3.69. The molecule has 1 aromatic heterocycles. The van der Waals surface area contributed by atoms with Gasteiger partial charge in [0.05, 0.1) is 23.8 Å². The topological polar surface area (TPSA) is 51.6 Å². The molecular weight excluding hydrogens is 214 g/mol. The molecule has 0 aliphatic carbocycles. The van der Waals surface area contributed by atoms with Gasteiger partial charge in [0.15, 0.2) is 0 Å². The highest BCUT2D eigenvalue weighted by molar-refractivity contribution is 7.11. The molecule has 0 amide bonds. The number of aliphatic hydroxyl groups is 1. The Bertz CT molecular complexity index is 320. The van der Waals surface area contributed by atoms with Gasteiger partial charge in [-0.2, -0.15) is 0 Å². The lowest BCUT2D eigenvalue weighted by molar-refractivity contribution is 0.111. The first-order chi connectivity index (χ1) is 7.35. The number of rotatable bonds is 4. The van der Waals surface area contributed by atoms with E-state index in [4.69, 9.17) is 9.47 Å². The van der Waals surface area contributed by atoms with Gasteiger partial charge < -0.3 is 14.6 Å². The molecule has 1 N–H and O–H groups in total. The van der Waals surface area contributed by atoms with E-state index in [1.165, 1.54) is 11.3 Å². The van der Waals surface area contributed by atoms with Gasteiger partial charge in [0.25, 0.3) is 0 Å². The highest BCUT2D eigenvalue weighted by atomic mass is 32.1. The van der Waals surface area contributed by atoms with Crippen molar-refractivity contribution in [2.24, 2.45) is 0 Å². The molecule has 1 atom stereocenters. The zero-order valence-electron chi connectivity index (χ0n) is 8.73. The minimum Gasteiger partial charge on any atom is -0.391 e. The molecule has 4 nitrogen and oxygen atoms in total. The van der Waals surface area contributed by atoms with Crippen LogP contribution in [-0.2, 0) is 22.7 Å². The minimum absolute atomic E-state index is 0.0308. The number of thiazole rings is 1. The third-order valence-electron chi connectivity index (χ3n) is 2.42. The first-order valence-corrected chi connectivity index (χ1v) is 5.86. The maximum absolute atomic E-state index is 9.18. The van der Waals surface area contributed by atoms with E-state index in [0.717, 1.165) is 35.0 Å². The Hall–Kier alpha value is -0.490. The largest absolute Gasteiger partial charge is 0.391 e. The number of hydrogen-bond acceptors (Lipinski definition) is 5. The second-order valence-electron chi connectivity index (χ2n) is 3.51. The lowest BCUT2D eigenvalue weighted by atomic mass is 10.2. The molecule has 0 aromatic carbocycles. The standard InChI is InChI=1S/C10H15NO3S/c1-13-6-7-9(5-12)15-10(11-7)8-3-2-4-14-8/h8,12H,2-6H2,1H3. The van der Waals surface area contributed by atoms with Crippen LogP contribution in [0.3, 0.4) is 0 Å². The van der Waals surface area contributed by atoms with E-state index in [1.54, 1.807) is 7.11 Å². The smallest absolute Gasteiger partial charge is 0.122 e. The van der Waals surface area contributed by atoms with Crippen molar-refractivity contribution in [3.8, 4) is 0 Å². The van der Waals surface area contributed by atoms with Gasteiger partial charge in [-0.25, -0.2) is 4.98 Å². The summed E-state index contributed by atoms with van der Waals surface area (Å²) in [5, 5.41) is 10.2. The van der Waals surface area contributed by atoms with Crippen LogP contribution >= 0.6 is 11.3 Å². The number of aromatic nitrogens is 1. The highest BCUT2D eigenvalue weighted by Gasteiger charge is 2.22. The first-order valence-electron chi connectivity index (χ1n) is 5.05. The van der Waals surface area contributed by atoms with Crippen LogP contribution in [-0.4, -0.2) is 23.8 Å². The molecular formula is C10H15NO3S. The van der Waals surface area contributed by atoms with Crippen LogP contribution in [0.25, 0.3) is 0 Å². The average molecular weight is 229 g/mol. The number of nitrogens with zero attached hydrogens (tertiary/aromatic N) is 1. The van der Waals surface area contributed by atoms with Gasteiger partial charge in [-0.1, -0.05) is 0 Å². The van der Waals surface area contributed by atoms with Gasteiger partial charge in [-0.3, -0.25) is 0 Å². The number of methoxy groups -OCH3 is 1. The fraction of sp³-hybridized carbons (Fsp3) is 0.700. The highest BCUT2D eigenvalue weighted by Crippen LogP contribution is 2.33. The zero-order chi connectivity index (χ0) is 10.7. The normalized spacial score (nSPS) is 21.1. The van der Waals surface area contributed by atoms with E-state index in [9.17, 15) is 5.11 Å². The van der Waals surface area contributed by atoms with Crippen LogP contribution < -0.4 is 0 Å². The van der Waals surface area contributed by atoms with Crippen molar-refractivity contribution in [1.82, 2.24) is 4.98 Å². The summed E-state index contributed by atoms with van der Waals surface area (Å²) in [6, 6.07) is 0. The third-order valence-corrected chi connectivity index (χ3v) is 3.60. The van der Waals surface area contributed by atoms with Crippen LogP contribution in [0.1, 0.15) is 34.5 Å². The van der Waals surface area contributed by atoms with Crippen LogP contribution in [0, 0.1) is 0 Å². The molecule has 0 saturated carbocycles. The molecule has 5 heteroatoms. The summed E-state index contributed by atoms with van der Waals surface area (Å²) in [5.74, 6) is 0. The summed E-state index contributed by atoms with van der Waals surface area (Å²) in [6.07, 6.45) is 2.26. The van der Waals surface area contributed by atoms with Crippen molar-refractivity contribution < 1.29 is 14.6 Å². The maximum atomic E-state index is 9.18. The molecule has 1 aromatic rings. The molecule has 0 spiro atoms. The summed E-state index contributed by atoms with van der Waals surface area (Å²) in [6.45, 7) is 1.31. The van der Waals surface area contributed by atoms with Gasteiger partial charge in [0.1, 0.15) is 11.1 Å². The molecule has 1 fully saturated rings. The number of ether oxygens (including phenoxy) is 2. The monoisotopic (exact) mass is 229 g/mol. The molecule has 1 aliphatic rings. The average Bonchev–Trinajstić information content (AvgIpc) is 2.84. The van der Waals surface area contributed by atoms with Gasteiger partial charge in [-0.15, -0.1) is 11.3 Å². The SMILES string of the molecule is COCc1nc(C2CCCO2)sc1CO. The Morgan fingerprint density at radius 1 is 1.67 bits per heavy atom. The lowest BCUT2D eigenvalue weighted by Gasteiger charge is -2.03. The van der Waals surface area contributed by atoms with Crippen molar-refractivity contribution >= 4 is 11.3 Å². The molecule has 84 valence electrons. The summed E-state index contributed by atoms with van der Waals surface area (Å²) in [7, 11) is 1.63. The van der Waals surface area contributed by atoms with Crippen molar-refractivity contribution in [1.29, 1.82) is 0 Å².